The lowest BCUT2D eigenvalue weighted by atomic mass is 10.0. The summed E-state index contributed by atoms with van der Waals surface area (Å²) in [4.78, 5) is 11.9. The zero-order valence-corrected chi connectivity index (χ0v) is 15.5. The van der Waals surface area contributed by atoms with Crippen LogP contribution in [0.2, 0.25) is 0 Å². The number of ether oxygens (including phenoxy) is 3. The molecule has 1 amide bonds. The highest BCUT2D eigenvalue weighted by Gasteiger charge is 2.32. The highest BCUT2D eigenvalue weighted by atomic mass is 16.5. The first-order valence-electron chi connectivity index (χ1n) is 8.83. The molecule has 1 aliphatic rings. The van der Waals surface area contributed by atoms with E-state index in [0.29, 0.717) is 18.9 Å². The summed E-state index contributed by atoms with van der Waals surface area (Å²) in [7, 11) is 0. The summed E-state index contributed by atoms with van der Waals surface area (Å²) in [5, 5.41) is 2.79. The average molecular weight is 355 g/mol. The Bertz CT molecular complexity index is 768. The molecule has 0 spiro atoms. The minimum atomic E-state index is -0.205. The molecule has 3 rings (SSSR count). The van der Waals surface area contributed by atoms with Gasteiger partial charge < -0.3 is 19.5 Å². The van der Waals surface area contributed by atoms with Crippen molar-refractivity contribution in [2.24, 2.45) is 0 Å². The van der Waals surface area contributed by atoms with E-state index >= 15 is 0 Å². The molecular weight excluding hydrogens is 330 g/mol. The van der Waals surface area contributed by atoms with Crippen LogP contribution in [0.25, 0.3) is 0 Å². The van der Waals surface area contributed by atoms with Crippen LogP contribution < -0.4 is 19.5 Å². The summed E-state index contributed by atoms with van der Waals surface area (Å²) >= 11 is 0. The standard InChI is InChI=1S/C21H25NO4/c1-15-7-9-17(10-8-15)25-14-19(23)22-11-12-24-18-6-4-5-16-13-21(2,3)26-20(16)18/h4-10H,11-14H2,1-3H3,(H,22,23). The number of rotatable bonds is 7. The molecule has 0 bridgehead atoms. The number of benzene rings is 2. The SMILES string of the molecule is Cc1ccc(OCC(=O)NCCOc2cccc3c2OC(C)(C)C3)cc1. The minimum absolute atomic E-state index is 0.0128. The Hall–Kier alpha value is -2.69. The Kier molecular flexibility index (Phi) is 5.35. The summed E-state index contributed by atoms with van der Waals surface area (Å²) < 4.78 is 17.2. The first kappa shape index (κ1) is 18.1. The maximum Gasteiger partial charge on any atom is 0.258 e. The zero-order valence-electron chi connectivity index (χ0n) is 15.5. The molecule has 2 aromatic carbocycles. The van der Waals surface area contributed by atoms with Gasteiger partial charge in [0.05, 0.1) is 6.54 Å². The molecule has 26 heavy (non-hydrogen) atoms. The van der Waals surface area contributed by atoms with Crippen molar-refractivity contribution in [3.63, 3.8) is 0 Å². The van der Waals surface area contributed by atoms with E-state index < -0.39 is 0 Å². The van der Waals surface area contributed by atoms with Gasteiger partial charge in [-0.25, -0.2) is 0 Å². The molecule has 0 aromatic heterocycles. The Morgan fingerprint density at radius 2 is 1.92 bits per heavy atom. The summed E-state index contributed by atoms with van der Waals surface area (Å²) in [5.74, 6) is 2.04. The molecule has 5 nitrogen and oxygen atoms in total. The molecule has 0 atom stereocenters. The largest absolute Gasteiger partial charge is 0.488 e. The molecule has 1 aliphatic heterocycles. The van der Waals surface area contributed by atoms with Crippen molar-refractivity contribution in [3.05, 3.63) is 53.6 Å². The van der Waals surface area contributed by atoms with Gasteiger partial charge >= 0.3 is 0 Å². The zero-order chi connectivity index (χ0) is 18.6. The van der Waals surface area contributed by atoms with Gasteiger partial charge in [-0.2, -0.15) is 0 Å². The lowest BCUT2D eigenvalue weighted by Crippen LogP contribution is -2.32. The normalized spacial score (nSPS) is 14.3. The predicted octanol–water partition coefficient (Wildman–Crippen LogP) is 3.28. The summed E-state index contributed by atoms with van der Waals surface area (Å²) in [5.41, 5.74) is 2.10. The second kappa shape index (κ2) is 7.68. The van der Waals surface area contributed by atoms with Crippen molar-refractivity contribution in [2.75, 3.05) is 19.8 Å². The van der Waals surface area contributed by atoms with Crippen molar-refractivity contribution in [1.82, 2.24) is 5.32 Å². The van der Waals surface area contributed by atoms with Crippen LogP contribution in [0, 0.1) is 6.92 Å². The third-order valence-electron chi connectivity index (χ3n) is 4.13. The third-order valence-corrected chi connectivity index (χ3v) is 4.13. The van der Waals surface area contributed by atoms with E-state index in [2.05, 4.69) is 25.2 Å². The molecular formula is C21H25NO4. The second-order valence-corrected chi connectivity index (χ2v) is 7.08. The van der Waals surface area contributed by atoms with Gasteiger partial charge in [0.1, 0.15) is 18.0 Å². The first-order valence-corrected chi connectivity index (χ1v) is 8.83. The van der Waals surface area contributed by atoms with Crippen LogP contribution in [-0.2, 0) is 11.2 Å². The van der Waals surface area contributed by atoms with Crippen LogP contribution in [0.15, 0.2) is 42.5 Å². The van der Waals surface area contributed by atoms with Crippen molar-refractivity contribution < 1.29 is 19.0 Å². The number of carbonyl (C=O) groups excluding carboxylic acids is 1. The van der Waals surface area contributed by atoms with Crippen LogP contribution in [-0.4, -0.2) is 31.3 Å². The Labute approximate surface area is 154 Å². The fourth-order valence-electron chi connectivity index (χ4n) is 2.89. The van der Waals surface area contributed by atoms with E-state index in [1.807, 2.05) is 43.3 Å². The molecule has 2 aromatic rings. The van der Waals surface area contributed by atoms with Crippen molar-refractivity contribution >= 4 is 5.91 Å². The quantitative estimate of drug-likeness (QED) is 0.775. The number of carbonyl (C=O) groups is 1. The predicted molar refractivity (Wildman–Crippen MR) is 100 cm³/mol. The number of aryl methyl sites for hydroxylation is 1. The van der Waals surface area contributed by atoms with E-state index in [-0.39, 0.29) is 18.1 Å². The number of hydrogen-bond donors (Lipinski definition) is 1. The molecule has 0 radical (unpaired) electrons. The Morgan fingerprint density at radius 3 is 2.69 bits per heavy atom. The summed E-state index contributed by atoms with van der Waals surface area (Å²) in [6.07, 6.45) is 0.868. The van der Waals surface area contributed by atoms with Crippen LogP contribution >= 0.6 is 0 Å². The van der Waals surface area contributed by atoms with Gasteiger partial charge in [-0.05, 0) is 39.0 Å². The van der Waals surface area contributed by atoms with Gasteiger partial charge in [0.2, 0.25) is 0 Å². The van der Waals surface area contributed by atoms with E-state index in [1.54, 1.807) is 0 Å². The van der Waals surface area contributed by atoms with Crippen LogP contribution in [0.1, 0.15) is 25.0 Å². The molecule has 1 heterocycles. The molecule has 5 heteroatoms. The first-order chi connectivity index (χ1) is 12.4. The fraction of sp³-hybridized carbons (Fsp3) is 0.381. The molecule has 1 N–H and O–H groups in total. The number of fused-ring (bicyclic) bond motifs is 1. The van der Waals surface area contributed by atoms with Gasteiger partial charge in [-0.3, -0.25) is 4.79 Å². The van der Waals surface area contributed by atoms with Gasteiger partial charge in [0.15, 0.2) is 18.1 Å². The van der Waals surface area contributed by atoms with Crippen molar-refractivity contribution in [1.29, 1.82) is 0 Å². The van der Waals surface area contributed by atoms with E-state index in [4.69, 9.17) is 14.2 Å². The molecule has 0 fully saturated rings. The van der Waals surface area contributed by atoms with Gasteiger partial charge in [0.25, 0.3) is 5.91 Å². The highest BCUT2D eigenvalue weighted by molar-refractivity contribution is 5.77. The fourth-order valence-corrected chi connectivity index (χ4v) is 2.89. The molecule has 0 aliphatic carbocycles. The second-order valence-electron chi connectivity index (χ2n) is 7.08. The Morgan fingerprint density at radius 1 is 1.15 bits per heavy atom. The van der Waals surface area contributed by atoms with Gasteiger partial charge in [-0.1, -0.05) is 29.8 Å². The van der Waals surface area contributed by atoms with Crippen molar-refractivity contribution in [3.8, 4) is 17.2 Å². The van der Waals surface area contributed by atoms with Crippen LogP contribution in [0.3, 0.4) is 0 Å². The molecule has 0 saturated carbocycles. The highest BCUT2D eigenvalue weighted by Crippen LogP contribution is 2.41. The van der Waals surface area contributed by atoms with Crippen molar-refractivity contribution in [2.45, 2.75) is 32.8 Å². The van der Waals surface area contributed by atoms with Gasteiger partial charge in [-0.15, -0.1) is 0 Å². The van der Waals surface area contributed by atoms with E-state index in [9.17, 15) is 4.79 Å². The van der Waals surface area contributed by atoms with Crippen LogP contribution in [0.5, 0.6) is 17.2 Å². The van der Waals surface area contributed by atoms with E-state index in [1.165, 1.54) is 0 Å². The monoisotopic (exact) mass is 355 g/mol. The molecule has 138 valence electrons. The number of amides is 1. The lowest BCUT2D eigenvalue weighted by Gasteiger charge is -2.18. The number of nitrogens with one attached hydrogen (secondary N) is 1. The molecule has 0 saturated heterocycles. The maximum atomic E-state index is 11.9. The lowest BCUT2D eigenvalue weighted by molar-refractivity contribution is -0.123. The molecule has 0 unspecified atom stereocenters. The number of hydrogen-bond acceptors (Lipinski definition) is 4. The van der Waals surface area contributed by atoms with E-state index in [0.717, 1.165) is 29.0 Å². The van der Waals surface area contributed by atoms with Gasteiger partial charge in [0, 0.05) is 12.0 Å². The average Bonchev–Trinajstić information content (AvgIpc) is 2.93. The topological polar surface area (TPSA) is 56.8 Å². The summed E-state index contributed by atoms with van der Waals surface area (Å²) in [6, 6.07) is 13.5. The van der Waals surface area contributed by atoms with Crippen LogP contribution in [0.4, 0.5) is 0 Å². The third kappa shape index (κ3) is 4.69. The summed E-state index contributed by atoms with van der Waals surface area (Å²) in [6.45, 7) is 6.89. The maximum absolute atomic E-state index is 11.9. The smallest absolute Gasteiger partial charge is 0.258 e. The Balaban J connectivity index is 1.40. The minimum Gasteiger partial charge on any atom is -0.488 e. The number of para-hydroxylation sites is 1.